The highest BCUT2D eigenvalue weighted by Crippen LogP contribution is 2.39. The molecule has 1 aliphatic heterocycles. The zero-order valence-corrected chi connectivity index (χ0v) is 13.5. The van der Waals surface area contributed by atoms with E-state index in [1.807, 2.05) is 24.3 Å². The molecule has 0 aromatic heterocycles. The van der Waals surface area contributed by atoms with Gasteiger partial charge in [-0.2, -0.15) is 0 Å². The van der Waals surface area contributed by atoms with Gasteiger partial charge in [-0.3, -0.25) is 0 Å². The summed E-state index contributed by atoms with van der Waals surface area (Å²) in [6, 6.07) is 12.6. The van der Waals surface area contributed by atoms with Crippen LogP contribution in [0.5, 0.6) is 5.75 Å². The van der Waals surface area contributed by atoms with Crippen LogP contribution in [-0.2, 0) is 4.74 Å². The highest BCUT2D eigenvalue weighted by Gasteiger charge is 2.28. The van der Waals surface area contributed by atoms with Crippen molar-refractivity contribution < 1.29 is 19.4 Å². The summed E-state index contributed by atoms with van der Waals surface area (Å²) in [5.74, 6) is 0.872. The van der Waals surface area contributed by atoms with Gasteiger partial charge in [-0.25, -0.2) is 4.79 Å². The standard InChI is InChI=1S/C16H10BrClO4/c17-11-7-10(5-6-12(11)18)15-14(22-16(19)20)8-9-3-1-2-4-13(9)21-15/h1-8,15H,(H,19,20). The van der Waals surface area contributed by atoms with Crippen LogP contribution in [0, 0.1) is 0 Å². The van der Waals surface area contributed by atoms with Crippen molar-refractivity contribution in [2.24, 2.45) is 0 Å². The van der Waals surface area contributed by atoms with Gasteiger partial charge < -0.3 is 14.6 Å². The summed E-state index contributed by atoms with van der Waals surface area (Å²) in [7, 11) is 0. The molecule has 2 aromatic rings. The molecule has 0 fully saturated rings. The Kier molecular flexibility index (Phi) is 4.09. The molecule has 6 heteroatoms. The fourth-order valence-electron chi connectivity index (χ4n) is 2.21. The van der Waals surface area contributed by atoms with Crippen molar-refractivity contribution in [1.29, 1.82) is 0 Å². The SMILES string of the molecule is O=C(O)OC1=Cc2ccccc2OC1c1ccc(Cl)c(Br)c1. The predicted molar refractivity (Wildman–Crippen MR) is 86.0 cm³/mol. The van der Waals surface area contributed by atoms with Crippen molar-refractivity contribution in [3.8, 4) is 5.75 Å². The van der Waals surface area contributed by atoms with Crippen molar-refractivity contribution in [2.75, 3.05) is 0 Å². The van der Waals surface area contributed by atoms with E-state index in [2.05, 4.69) is 15.9 Å². The van der Waals surface area contributed by atoms with Gasteiger partial charge in [-0.05, 0) is 40.2 Å². The summed E-state index contributed by atoms with van der Waals surface area (Å²) in [5.41, 5.74) is 1.50. The molecule has 0 saturated heterocycles. The monoisotopic (exact) mass is 380 g/mol. The van der Waals surface area contributed by atoms with E-state index in [1.165, 1.54) is 0 Å². The number of ether oxygens (including phenoxy) is 2. The minimum absolute atomic E-state index is 0.209. The largest absolute Gasteiger partial charge is 0.511 e. The summed E-state index contributed by atoms with van der Waals surface area (Å²) in [6.45, 7) is 0. The normalized spacial score (nSPS) is 16.3. The molecule has 0 saturated carbocycles. The molecule has 3 rings (SSSR count). The van der Waals surface area contributed by atoms with Gasteiger partial charge >= 0.3 is 6.16 Å². The Balaban J connectivity index is 2.05. The van der Waals surface area contributed by atoms with Crippen LogP contribution >= 0.6 is 27.5 Å². The average molecular weight is 382 g/mol. The Hall–Kier alpha value is -1.98. The quantitative estimate of drug-likeness (QED) is 0.720. The van der Waals surface area contributed by atoms with E-state index in [0.29, 0.717) is 15.2 Å². The maximum Gasteiger partial charge on any atom is 0.511 e. The number of halogens is 2. The molecule has 1 unspecified atom stereocenters. The highest BCUT2D eigenvalue weighted by molar-refractivity contribution is 9.10. The van der Waals surface area contributed by atoms with Crippen molar-refractivity contribution in [2.45, 2.75) is 6.10 Å². The lowest BCUT2D eigenvalue weighted by molar-refractivity contribution is 0.0899. The Labute approximate surface area is 140 Å². The summed E-state index contributed by atoms with van der Waals surface area (Å²) in [5, 5.41) is 9.49. The van der Waals surface area contributed by atoms with Crippen LogP contribution in [0.25, 0.3) is 6.08 Å². The molecule has 0 radical (unpaired) electrons. The lowest BCUT2D eigenvalue weighted by Crippen LogP contribution is -2.18. The first-order valence-corrected chi connectivity index (χ1v) is 7.54. The van der Waals surface area contributed by atoms with Crippen LogP contribution in [-0.4, -0.2) is 11.3 Å². The van der Waals surface area contributed by atoms with E-state index >= 15 is 0 Å². The molecule has 2 aromatic carbocycles. The van der Waals surface area contributed by atoms with Crippen molar-refractivity contribution in [1.82, 2.24) is 0 Å². The smallest absolute Gasteiger partial charge is 0.477 e. The highest BCUT2D eigenvalue weighted by atomic mass is 79.9. The zero-order valence-electron chi connectivity index (χ0n) is 11.1. The van der Waals surface area contributed by atoms with Crippen LogP contribution < -0.4 is 4.74 Å². The van der Waals surface area contributed by atoms with Crippen LogP contribution in [0.3, 0.4) is 0 Å². The van der Waals surface area contributed by atoms with Gasteiger partial charge in [0.05, 0.1) is 5.02 Å². The zero-order chi connectivity index (χ0) is 15.7. The minimum atomic E-state index is -1.38. The molecule has 1 aliphatic rings. The molecule has 0 amide bonds. The molecule has 4 nitrogen and oxygen atoms in total. The average Bonchev–Trinajstić information content (AvgIpc) is 2.49. The van der Waals surface area contributed by atoms with Crippen molar-refractivity contribution in [3.63, 3.8) is 0 Å². The number of para-hydroxylation sites is 1. The predicted octanol–water partition coefficient (Wildman–Crippen LogP) is 5.27. The lowest BCUT2D eigenvalue weighted by Gasteiger charge is -2.26. The number of hydrogen-bond donors (Lipinski definition) is 1. The van der Waals surface area contributed by atoms with Crippen LogP contribution in [0.15, 0.2) is 52.7 Å². The van der Waals surface area contributed by atoms with Gasteiger partial charge in [-0.1, -0.05) is 35.9 Å². The van der Waals surface area contributed by atoms with E-state index in [9.17, 15) is 4.79 Å². The third-order valence-electron chi connectivity index (χ3n) is 3.17. The lowest BCUT2D eigenvalue weighted by atomic mass is 10.0. The molecule has 1 heterocycles. The fourth-order valence-corrected chi connectivity index (χ4v) is 2.73. The number of carbonyl (C=O) groups is 1. The van der Waals surface area contributed by atoms with Gasteiger partial charge in [0.1, 0.15) is 5.75 Å². The number of carboxylic acid groups (broad SMARTS) is 1. The van der Waals surface area contributed by atoms with Gasteiger partial charge in [0.25, 0.3) is 0 Å². The van der Waals surface area contributed by atoms with Gasteiger partial charge in [-0.15, -0.1) is 0 Å². The first-order chi connectivity index (χ1) is 10.5. The third kappa shape index (κ3) is 2.96. The summed E-state index contributed by atoms with van der Waals surface area (Å²) < 4.78 is 11.5. The second-order valence-electron chi connectivity index (χ2n) is 4.62. The first-order valence-electron chi connectivity index (χ1n) is 6.37. The van der Waals surface area contributed by atoms with Crippen LogP contribution in [0.4, 0.5) is 4.79 Å². The molecule has 1 atom stereocenters. The van der Waals surface area contributed by atoms with Gasteiger partial charge in [0.15, 0.2) is 11.9 Å². The Morgan fingerprint density at radius 1 is 1.27 bits per heavy atom. The molecular formula is C16H10BrClO4. The number of benzene rings is 2. The molecule has 0 spiro atoms. The molecule has 1 N–H and O–H groups in total. The maximum absolute atomic E-state index is 10.9. The number of fused-ring (bicyclic) bond motifs is 1. The molecule has 0 aliphatic carbocycles. The summed E-state index contributed by atoms with van der Waals surface area (Å²) in [6.07, 6.45) is -0.369. The molecule has 22 heavy (non-hydrogen) atoms. The first kappa shape index (κ1) is 14.9. The topological polar surface area (TPSA) is 55.8 Å². The van der Waals surface area contributed by atoms with Gasteiger partial charge in [0, 0.05) is 15.6 Å². The Morgan fingerprint density at radius 2 is 2.05 bits per heavy atom. The van der Waals surface area contributed by atoms with E-state index in [1.54, 1.807) is 24.3 Å². The van der Waals surface area contributed by atoms with Crippen LogP contribution in [0.2, 0.25) is 5.02 Å². The summed E-state index contributed by atoms with van der Waals surface area (Å²) in [4.78, 5) is 10.9. The minimum Gasteiger partial charge on any atom is -0.477 e. The van der Waals surface area contributed by atoms with E-state index in [-0.39, 0.29) is 5.76 Å². The number of rotatable bonds is 2. The third-order valence-corrected chi connectivity index (χ3v) is 4.39. The fraction of sp³-hybridized carbons (Fsp3) is 0.0625. The Bertz CT molecular complexity index is 772. The summed E-state index contributed by atoms with van der Waals surface area (Å²) >= 11 is 9.34. The number of hydrogen-bond acceptors (Lipinski definition) is 3. The Morgan fingerprint density at radius 3 is 2.77 bits per heavy atom. The van der Waals surface area contributed by atoms with E-state index < -0.39 is 12.3 Å². The molecule has 112 valence electrons. The van der Waals surface area contributed by atoms with Crippen molar-refractivity contribution >= 4 is 39.8 Å². The second-order valence-corrected chi connectivity index (χ2v) is 5.89. The molecular weight excluding hydrogens is 372 g/mol. The van der Waals surface area contributed by atoms with Crippen LogP contribution in [0.1, 0.15) is 17.2 Å². The van der Waals surface area contributed by atoms with E-state index in [4.69, 9.17) is 26.2 Å². The van der Waals surface area contributed by atoms with Crippen molar-refractivity contribution in [3.05, 3.63) is 68.8 Å². The molecule has 0 bridgehead atoms. The maximum atomic E-state index is 10.9. The second kappa shape index (κ2) is 6.02. The van der Waals surface area contributed by atoms with E-state index in [0.717, 1.165) is 11.1 Å². The van der Waals surface area contributed by atoms with Gasteiger partial charge in [0.2, 0.25) is 0 Å².